The summed E-state index contributed by atoms with van der Waals surface area (Å²) < 4.78 is 1.79. The Kier molecular flexibility index (Phi) is 4.28. The van der Waals surface area contributed by atoms with Crippen molar-refractivity contribution in [1.29, 1.82) is 0 Å². The molecule has 0 saturated carbocycles. The summed E-state index contributed by atoms with van der Waals surface area (Å²) in [6.45, 7) is 6.19. The molecule has 1 atom stereocenters. The van der Waals surface area contributed by atoms with Gasteiger partial charge in [0.25, 0.3) is 0 Å². The van der Waals surface area contributed by atoms with E-state index in [2.05, 4.69) is 20.4 Å². The average Bonchev–Trinajstić information content (AvgIpc) is 3.13. The molecule has 0 bridgehead atoms. The van der Waals surface area contributed by atoms with E-state index in [1.54, 1.807) is 28.0 Å². The Hall–Kier alpha value is -2.77. The highest BCUT2D eigenvalue weighted by molar-refractivity contribution is 6.02. The van der Waals surface area contributed by atoms with Gasteiger partial charge in [-0.15, -0.1) is 0 Å². The zero-order chi connectivity index (χ0) is 17.3. The fourth-order valence-corrected chi connectivity index (χ4v) is 2.60. The Morgan fingerprint density at radius 2 is 2.21 bits per heavy atom. The van der Waals surface area contributed by atoms with Crippen LogP contribution in [0.3, 0.4) is 0 Å². The van der Waals surface area contributed by atoms with Gasteiger partial charge in [0.1, 0.15) is 0 Å². The van der Waals surface area contributed by atoms with Crippen molar-refractivity contribution in [2.24, 2.45) is 5.92 Å². The van der Waals surface area contributed by atoms with Crippen LogP contribution >= 0.6 is 0 Å². The fraction of sp³-hybridized carbons (Fsp3) is 0.438. The lowest BCUT2D eigenvalue weighted by atomic mass is 10.1. The lowest BCUT2D eigenvalue weighted by Gasteiger charge is -2.14. The van der Waals surface area contributed by atoms with Gasteiger partial charge in [0, 0.05) is 37.1 Å². The molecule has 2 aromatic heterocycles. The largest absolute Gasteiger partial charge is 0.309 e. The maximum absolute atomic E-state index is 12.4. The minimum absolute atomic E-state index is 0.0800. The quantitative estimate of drug-likeness (QED) is 0.919. The lowest BCUT2D eigenvalue weighted by molar-refractivity contribution is -0.122. The third-order valence-corrected chi connectivity index (χ3v) is 3.95. The van der Waals surface area contributed by atoms with Gasteiger partial charge < -0.3 is 4.90 Å². The first-order valence-electron chi connectivity index (χ1n) is 7.89. The molecule has 0 aliphatic carbocycles. The number of carbonyl (C=O) groups is 2. The highest BCUT2D eigenvalue weighted by Gasteiger charge is 2.36. The van der Waals surface area contributed by atoms with Crippen LogP contribution in [0.5, 0.6) is 0 Å². The maximum Gasteiger partial charge on any atom is 0.232 e. The number of anilines is 2. The predicted molar refractivity (Wildman–Crippen MR) is 88.5 cm³/mol. The van der Waals surface area contributed by atoms with Crippen molar-refractivity contribution in [2.45, 2.75) is 33.2 Å². The molecule has 0 radical (unpaired) electrons. The van der Waals surface area contributed by atoms with Crippen molar-refractivity contribution in [2.75, 3.05) is 16.8 Å². The molecular weight excluding hydrogens is 308 g/mol. The number of carbonyl (C=O) groups excluding carboxylic acids is 2. The van der Waals surface area contributed by atoms with Gasteiger partial charge in [-0.2, -0.15) is 5.10 Å². The van der Waals surface area contributed by atoms with Crippen LogP contribution in [-0.4, -0.2) is 38.1 Å². The zero-order valence-corrected chi connectivity index (χ0v) is 13.9. The molecule has 8 nitrogen and oxygen atoms in total. The Morgan fingerprint density at radius 3 is 2.88 bits per heavy atom. The van der Waals surface area contributed by atoms with Crippen LogP contribution in [0.15, 0.2) is 24.7 Å². The molecule has 1 aliphatic heterocycles. The summed E-state index contributed by atoms with van der Waals surface area (Å²) in [6.07, 6.45) is 5.24. The van der Waals surface area contributed by atoms with Gasteiger partial charge in [-0.3, -0.25) is 19.6 Å². The molecule has 24 heavy (non-hydrogen) atoms. The van der Waals surface area contributed by atoms with Gasteiger partial charge >= 0.3 is 0 Å². The fourth-order valence-electron chi connectivity index (χ4n) is 2.60. The number of hydrogen-bond donors (Lipinski definition) is 1. The summed E-state index contributed by atoms with van der Waals surface area (Å²) in [5.41, 5.74) is 1.49. The van der Waals surface area contributed by atoms with Crippen LogP contribution in [0, 0.1) is 12.8 Å². The van der Waals surface area contributed by atoms with E-state index in [9.17, 15) is 9.59 Å². The molecule has 2 amide bonds. The van der Waals surface area contributed by atoms with Crippen LogP contribution in [-0.2, 0) is 9.59 Å². The van der Waals surface area contributed by atoms with E-state index in [0.717, 1.165) is 11.4 Å². The first-order valence-corrected chi connectivity index (χ1v) is 7.89. The van der Waals surface area contributed by atoms with Crippen molar-refractivity contribution in [1.82, 2.24) is 19.7 Å². The molecule has 0 unspecified atom stereocenters. The monoisotopic (exact) mass is 328 g/mol. The summed E-state index contributed by atoms with van der Waals surface area (Å²) in [5.74, 6) is -0.487. The maximum atomic E-state index is 12.4. The second-order valence-electron chi connectivity index (χ2n) is 6.19. The number of hydrogen-bond acceptors (Lipinski definition) is 5. The van der Waals surface area contributed by atoms with E-state index in [1.165, 1.54) is 0 Å². The molecule has 0 aromatic carbocycles. The lowest BCUT2D eigenvalue weighted by Crippen LogP contribution is -2.28. The van der Waals surface area contributed by atoms with Gasteiger partial charge in [0.05, 0.1) is 17.8 Å². The molecule has 1 saturated heterocycles. The topological polar surface area (TPSA) is 93.0 Å². The molecule has 1 aliphatic rings. The Labute approximate surface area is 139 Å². The third kappa shape index (κ3) is 3.27. The molecule has 1 N–H and O–H groups in total. The van der Waals surface area contributed by atoms with Crippen molar-refractivity contribution < 1.29 is 9.59 Å². The standard InChI is InChI=1S/C16H20N6O2/c1-10(2)22-9-13(7-18-22)21-8-12(6-14(21)23)15(24)20-16-17-5-4-11(3)19-16/h4-5,7,9-10,12H,6,8H2,1-3H3,(H,17,19,20,24)/t12-/m0/s1. The summed E-state index contributed by atoms with van der Waals surface area (Å²) in [6, 6.07) is 1.97. The van der Waals surface area contributed by atoms with Crippen LogP contribution in [0.1, 0.15) is 32.0 Å². The van der Waals surface area contributed by atoms with Gasteiger partial charge in [0.2, 0.25) is 17.8 Å². The third-order valence-electron chi connectivity index (χ3n) is 3.95. The number of aryl methyl sites for hydroxylation is 1. The molecular formula is C16H20N6O2. The Morgan fingerprint density at radius 1 is 1.42 bits per heavy atom. The molecule has 3 heterocycles. The Bertz CT molecular complexity index is 769. The average molecular weight is 328 g/mol. The van der Waals surface area contributed by atoms with Crippen LogP contribution in [0.2, 0.25) is 0 Å². The van der Waals surface area contributed by atoms with E-state index in [1.807, 2.05) is 27.0 Å². The number of amides is 2. The number of nitrogens with zero attached hydrogens (tertiary/aromatic N) is 5. The minimum atomic E-state index is -0.427. The van der Waals surface area contributed by atoms with Crippen molar-refractivity contribution in [3.8, 4) is 0 Å². The van der Waals surface area contributed by atoms with E-state index in [4.69, 9.17) is 0 Å². The van der Waals surface area contributed by atoms with Crippen LogP contribution in [0.25, 0.3) is 0 Å². The summed E-state index contributed by atoms with van der Waals surface area (Å²) in [7, 11) is 0. The molecule has 3 rings (SSSR count). The van der Waals surface area contributed by atoms with Crippen LogP contribution in [0.4, 0.5) is 11.6 Å². The second kappa shape index (κ2) is 6.38. The molecule has 2 aromatic rings. The minimum Gasteiger partial charge on any atom is -0.309 e. The summed E-state index contributed by atoms with van der Waals surface area (Å²) >= 11 is 0. The van der Waals surface area contributed by atoms with Gasteiger partial charge in [0.15, 0.2) is 0 Å². The van der Waals surface area contributed by atoms with E-state index < -0.39 is 5.92 Å². The SMILES string of the molecule is Cc1ccnc(NC(=O)[C@H]2CC(=O)N(c3cnn(C(C)C)c3)C2)n1. The molecule has 1 fully saturated rings. The molecule has 126 valence electrons. The molecule has 8 heteroatoms. The second-order valence-corrected chi connectivity index (χ2v) is 6.19. The van der Waals surface area contributed by atoms with Crippen molar-refractivity contribution in [3.05, 3.63) is 30.4 Å². The summed E-state index contributed by atoms with van der Waals surface area (Å²) in [5, 5.41) is 6.92. The van der Waals surface area contributed by atoms with E-state index in [-0.39, 0.29) is 30.2 Å². The van der Waals surface area contributed by atoms with Crippen molar-refractivity contribution in [3.63, 3.8) is 0 Å². The predicted octanol–water partition coefficient (Wildman–Crippen LogP) is 1.55. The van der Waals surface area contributed by atoms with Crippen LogP contribution < -0.4 is 10.2 Å². The number of nitrogens with one attached hydrogen (secondary N) is 1. The highest BCUT2D eigenvalue weighted by Crippen LogP contribution is 2.26. The Balaban J connectivity index is 1.68. The van der Waals surface area contributed by atoms with Crippen molar-refractivity contribution >= 4 is 23.5 Å². The normalized spacial score (nSPS) is 17.6. The number of rotatable bonds is 4. The molecule has 0 spiro atoms. The zero-order valence-electron chi connectivity index (χ0n) is 13.9. The smallest absolute Gasteiger partial charge is 0.232 e. The van der Waals surface area contributed by atoms with Gasteiger partial charge in [-0.05, 0) is 26.8 Å². The first-order chi connectivity index (χ1) is 11.4. The number of aromatic nitrogens is 4. The summed E-state index contributed by atoms with van der Waals surface area (Å²) in [4.78, 5) is 34.4. The van der Waals surface area contributed by atoms with E-state index >= 15 is 0 Å². The van der Waals surface area contributed by atoms with Gasteiger partial charge in [-0.25, -0.2) is 9.97 Å². The first kappa shape index (κ1) is 16.1. The highest BCUT2D eigenvalue weighted by atomic mass is 16.2. The van der Waals surface area contributed by atoms with E-state index in [0.29, 0.717) is 6.54 Å². The van der Waals surface area contributed by atoms with Gasteiger partial charge in [-0.1, -0.05) is 0 Å².